The second-order valence-corrected chi connectivity index (χ2v) is 8.75. The smallest absolute Gasteiger partial charge is 0.231 e. The molecule has 0 atom stereocenters. The summed E-state index contributed by atoms with van der Waals surface area (Å²) in [6.45, 7) is -0.0312. The maximum atomic E-state index is 12.9. The highest BCUT2D eigenvalue weighted by Gasteiger charge is 2.27. The zero-order valence-corrected chi connectivity index (χ0v) is 18.3. The molecule has 1 aromatic carbocycles. The van der Waals surface area contributed by atoms with Crippen LogP contribution in [0.15, 0.2) is 42.7 Å². The van der Waals surface area contributed by atoms with Crippen LogP contribution in [0.2, 0.25) is 0 Å². The average molecular weight is 443 g/mol. The standard InChI is InChI=1S/C25H26N6O2/c26-11-9-16-3-7-19(8-4-16)31-22(13-23(33)29-18-5-1-17(15-32)2-6-18)30-21-14-28-25-20(24(21)31)10-12-27-25/h1-2,5-6,10,12,14,16,19,32H,3-4,7-9,13,15H2,(H,27,28)(H,29,33)/t16-,19-. The summed E-state index contributed by atoms with van der Waals surface area (Å²) < 4.78 is 2.24. The lowest BCUT2D eigenvalue weighted by Crippen LogP contribution is -2.23. The number of carbonyl (C=O) groups excluding carboxylic acids is 1. The maximum absolute atomic E-state index is 12.9. The van der Waals surface area contributed by atoms with Crippen molar-refractivity contribution in [1.29, 1.82) is 5.26 Å². The van der Waals surface area contributed by atoms with Crippen molar-refractivity contribution < 1.29 is 9.90 Å². The number of rotatable bonds is 6. The van der Waals surface area contributed by atoms with E-state index in [0.717, 1.165) is 59.1 Å². The fraction of sp³-hybridized carbons (Fsp3) is 0.360. The molecule has 5 rings (SSSR count). The van der Waals surface area contributed by atoms with Gasteiger partial charge in [-0.05, 0) is 55.4 Å². The van der Waals surface area contributed by atoms with E-state index in [-0.39, 0.29) is 25.0 Å². The average Bonchev–Trinajstić information content (AvgIpc) is 3.44. The molecule has 1 fully saturated rings. The SMILES string of the molecule is N#CC[C@H]1CC[C@H](n2c(CC(=O)Nc3ccc(CO)cc3)nc3cnc4[nH]ccc4c32)CC1. The fourth-order valence-corrected chi connectivity index (χ4v) is 4.94. The molecule has 0 aliphatic heterocycles. The summed E-state index contributed by atoms with van der Waals surface area (Å²) in [4.78, 5) is 25.4. The topological polar surface area (TPSA) is 120 Å². The molecule has 1 aliphatic rings. The third-order valence-electron chi connectivity index (χ3n) is 6.61. The second kappa shape index (κ2) is 9.04. The molecule has 4 aromatic rings. The quantitative estimate of drug-likeness (QED) is 0.413. The summed E-state index contributed by atoms with van der Waals surface area (Å²) in [5.41, 5.74) is 4.09. The number of H-pyrrole nitrogens is 1. The number of aromatic amines is 1. The van der Waals surface area contributed by atoms with E-state index in [1.807, 2.05) is 12.3 Å². The Labute approximate surface area is 191 Å². The van der Waals surface area contributed by atoms with Crippen LogP contribution in [0, 0.1) is 17.2 Å². The van der Waals surface area contributed by atoms with E-state index in [2.05, 4.69) is 25.9 Å². The van der Waals surface area contributed by atoms with Crippen LogP contribution in [0.1, 0.15) is 49.5 Å². The van der Waals surface area contributed by atoms with Gasteiger partial charge in [0.2, 0.25) is 5.91 Å². The predicted octanol–water partition coefficient (Wildman–Crippen LogP) is 4.23. The van der Waals surface area contributed by atoms with E-state index < -0.39 is 0 Å². The van der Waals surface area contributed by atoms with Crippen LogP contribution < -0.4 is 5.32 Å². The number of aliphatic hydroxyl groups is 1. The number of nitriles is 1. The van der Waals surface area contributed by atoms with Crippen LogP contribution in [0.25, 0.3) is 22.1 Å². The van der Waals surface area contributed by atoms with Crippen molar-refractivity contribution in [1.82, 2.24) is 19.5 Å². The molecule has 33 heavy (non-hydrogen) atoms. The molecule has 168 valence electrons. The molecule has 3 aromatic heterocycles. The van der Waals surface area contributed by atoms with E-state index in [0.29, 0.717) is 18.0 Å². The van der Waals surface area contributed by atoms with Crippen LogP contribution >= 0.6 is 0 Å². The van der Waals surface area contributed by atoms with Crippen LogP contribution in [0.4, 0.5) is 5.69 Å². The number of aliphatic hydroxyl groups excluding tert-OH is 1. The monoisotopic (exact) mass is 442 g/mol. The van der Waals surface area contributed by atoms with Crippen LogP contribution in [-0.4, -0.2) is 30.5 Å². The number of nitrogens with zero attached hydrogens (tertiary/aromatic N) is 4. The van der Waals surface area contributed by atoms with Crippen LogP contribution in [0.5, 0.6) is 0 Å². The molecule has 0 spiro atoms. The molecular formula is C25H26N6O2. The van der Waals surface area contributed by atoms with E-state index in [1.54, 1.807) is 30.5 Å². The highest BCUT2D eigenvalue weighted by Crippen LogP contribution is 2.38. The summed E-state index contributed by atoms with van der Waals surface area (Å²) in [5, 5.41) is 22.2. The van der Waals surface area contributed by atoms with Crippen molar-refractivity contribution in [3.05, 3.63) is 54.1 Å². The molecule has 8 heteroatoms. The number of benzene rings is 1. The Morgan fingerprint density at radius 1 is 1.21 bits per heavy atom. The Bertz CT molecular complexity index is 1320. The summed E-state index contributed by atoms with van der Waals surface area (Å²) in [7, 11) is 0. The fourth-order valence-electron chi connectivity index (χ4n) is 4.94. The first-order chi connectivity index (χ1) is 16.2. The number of fused-ring (bicyclic) bond motifs is 3. The summed E-state index contributed by atoms with van der Waals surface area (Å²) in [6, 6.07) is 11.7. The Morgan fingerprint density at radius 3 is 2.73 bits per heavy atom. The van der Waals surface area contributed by atoms with Crippen molar-refractivity contribution in [3.63, 3.8) is 0 Å². The van der Waals surface area contributed by atoms with E-state index in [4.69, 9.17) is 10.2 Å². The van der Waals surface area contributed by atoms with Gasteiger partial charge in [0.25, 0.3) is 0 Å². The number of imidazole rings is 1. The molecule has 1 saturated carbocycles. The van der Waals surface area contributed by atoms with Gasteiger partial charge in [-0.25, -0.2) is 9.97 Å². The molecule has 0 radical (unpaired) electrons. The molecule has 0 unspecified atom stereocenters. The summed E-state index contributed by atoms with van der Waals surface area (Å²) in [5.74, 6) is 1.04. The van der Waals surface area contributed by atoms with Gasteiger partial charge in [-0.15, -0.1) is 0 Å². The minimum atomic E-state index is -0.139. The third-order valence-corrected chi connectivity index (χ3v) is 6.61. The second-order valence-electron chi connectivity index (χ2n) is 8.75. The number of amides is 1. The number of hydrogen-bond acceptors (Lipinski definition) is 5. The van der Waals surface area contributed by atoms with Crippen molar-refractivity contribution in [3.8, 4) is 6.07 Å². The van der Waals surface area contributed by atoms with E-state index in [9.17, 15) is 9.90 Å². The number of carbonyl (C=O) groups is 1. The lowest BCUT2D eigenvalue weighted by Gasteiger charge is -2.30. The highest BCUT2D eigenvalue weighted by molar-refractivity contribution is 6.02. The normalized spacial score (nSPS) is 18.4. The van der Waals surface area contributed by atoms with Gasteiger partial charge in [-0.3, -0.25) is 4.79 Å². The first-order valence-corrected chi connectivity index (χ1v) is 11.4. The third kappa shape index (κ3) is 4.20. The molecule has 0 bridgehead atoms. The predicted molar refractivity (Wildman–Crippen MR) is 125 cm³/mol. The van der Waals surface area contributed by atoms with Crippen LogP contribution in [0.3, 0.4) is 0 Å². The minimum absolute atomic E-state index is 0.0312. The molecule has 3 heterocycles. The summed E-state index contributed by atoms with van der Waals surface area (Å²) >= 11 is 0. The lowest BCUT2D eigenvalue weighted by atomic mass is 9.84. The Kier molecular flexibility index (Phi) is 5.80. The molecular weight excluding hydrogens is 416 g/mol. The number of nitrogens with one attached hydrogen (secondary N) is 2. The van der Waals surface area contributed by atoms with E-state index in [1.165, 1.54) is 0 Å². The molecule has 0 saturated heterocycles. The molecule has 8 nitrogen and oxygen atoms in total. The zero-order valence-electron chi connectivity index (χ0n) is 18.3. The van der Waals surface area contributed by atoms with Gasteiger partial charge in [0.05, 0.1) is 30.8 Å². The van der Waals surface area contributed by atoms with Crippen molar-refractivity contribution in [2.24, 2.45) is 5.92 Å². The van der Waals surface area contributed by atoms with Gasteiger partial charge >= 0.3 is 0 Å². The largest absolute Gasteiger partial charge is 0.392 e. The van der Waals surface area contributed by atoms with Gasteiger partial charge in [-0.2, -0.15) is 5.26 Å². The molecule has 3 N–H and O–H groups in total. The van der Waals surface area contributed by atoms with Gasteiger partial charge in [0, 0.05) is 29.7 Å². The number of hydrogen-bond donors (Lipinski definition) is 3. The number of aromatic nitrogens is 4. The van der Waals surface area contributed by atoms with Gasteiger partial charge in [-0.1, -0.05) is 12.1 Å². The number of anilines is 1. The van der Waals surface area contributed by atoms with Crippen LogP contribution in [-0.2, 0) is 17.8 Å². The minimum Gasteiger partial charge on any atom is -0.392 e. The molecule has 1 amide bonds. The van der Waals surface area contributed by atoms with Gasteiger partial charge in [0.1, 0.15) is 17.0 Å². The van der Waals surface area contributed by atoms with Gasteiger partial charge in [0.15, 0.2) is 0 Å². The van der Waals surface area contributed by atoms with Crippen molar-refractivity contribution in [2.45, 2.75) is 51.2 Å². The maximum Gasteiger partial charge on any atom is 0.231 e. The zero-order chi connectivity index (χ0) is 22.8. The van der Waals surface area contributed by atoms with Gasteiger partial charge < -0.3 is 20.0 Å². The Morgan fingerprint density at radius 2 is 2.00 bits per heavy atom. The lowest BCUT2D eigenvalue weighted by molar-refractivity contribution is -0.115. The number of pyridine rings is 1. The highest BCUT2D eigenvalue weighted by atomic mass is 16.3. The van der Waals surface area contributed by atoms with E-state index >= 15 is 0 Å². The molecule has 1 aliphatic carbocycles. The van der Waals surface area contributed by atoms with Crippen molar-refractivity contribution >= 4 is 33.7 Å². The summed E-state index contributed by atoms with van der Waals surface area (Å²) in [6.07, 6.45) is 8.33. The Hall–Kier alpha value is -3.70. The van der Waals surface area contributed by atoms with Crippen molar-refractivity contribution in [2.75, 3.05) is 5.32 Å². The first-order valence-electron chi connectivity index (χ1n) is 11.4. The first kappa shape index (κ1) is 21.2. The Balaban J connectivity index is 1.46.